The zero-order valence-electron chi connectivity index (χ0n) is 5.77. The molecule has 2 rings (SSSR count). The summed E-state index contributed by atoms with van der Waals surface area (Å²) < 4.78 is 0. The van der Waals surface area contributed by atoms with Crippen LogP contribution < -0.4 is 5.32 Å². The maximum Gasteiger partial charge on any atom is -0.00175 e. The van der Waals surface area contributed by atoms with Gasteiger partial charge in [-0.2, -0.15) is 0 Å². The number of rotatable bonds is 4. The van der Waals surface area contributed by atoms with Gasteiger partial charge in [-0.3, -0.25) is 0 Å². The third-order valence-electron chi connectivity index (χ3n) is 2.11. The summed E-state index contributed by atoms with van der Waals surface area (Å²) in [5, 5.41) is 3.48. The second kappa shape index (κ2) is 2.30. The molecule has 0 spiro atoms. The second-order valence-electron chi connectivity index (χ2n) is 3.33. The second-order valence-corrected chi connectivity index (χ2v) is 3.33. The lowest BCUT2D eigenvalue weighted by molar-refractivity contribution is 0.611. The summed E-state index contributed by atoms with van der Waals surface area (Å²) in [7, 11) is 0. The number of hydrogen-bond donors (Lipinski definition) is 1. The van der Waals surface area contributed by atoms with E-state index >= 15 is 0 Å². The van der Waals surface area contributed by atoms with Gasteiger partial charge in [0.2, 0.25) is 0 Å². The Balaban J connectivity index is 1.46. The van der Waals surface area contributed by atoms with Gasteiger partial charge in [-0.1, -0.05) is 0 Å². The summed E-state index contributed by atoms with van der Waals surface area (Å²) in [5.74, 6) is 1.98. The van der Waals surface area contributed by atoms with Gasteiger partial charge in [0, 0.05) is 0 Å². The van der Waals surface area contributed by atoms with E-state index in [0.717, 1.165) is 11.8 Å². The predicted octanol–water partition coefficient (Wildman–Crippen LogP) is 1.21. The first-order valence-electron chi connectivity index (χ1n) is 3.99. The van der Waals surface area contributed by atoms with Crippen molar-refractivity contribution in [1.82, 2.24) is 5.32 Å². The Morgan fingerprint density at radius 2 is 2.11 bits per heavy atom. The zero-order chi connectivity index (χ0) is 6.10. The van der Waals surface area contributed by atoms with Crippen molar-refractivity contribution in [1.29, 1.82) is 0 Å². The Morgan fingerprint density at radius 3 is 2.67 bits per heavy atom. The Kier molecular flexibility index (Phi) is 1.46. The van der Waals surface area contributed by atoms with Crippen LogP contribution in [0.15, 0.2) is 0 Å². The Morgan fingerprint density at radius 1 is 1.33 bits per heavy atom. The van der Waals surface area contributed by atoms with Gasteiger partial charge in [0.25, 0.3) is 0 Å². The Bertz CT molecular complexity index is 80.7. The number of nitrogens with one attached hydrogen (secondary N) is 1. The lowest BCUT2D eigenvalue weighted by Gasteiger charge is -1.98. The molecule has 0 aromatic carbocycles. The third kappa shape index (κ3) is 1.98. The van der Waals surface area contributed by atoms with E-state index in [2.05, 4.69) is 11.7 Å². The van der Waals surface area contributed by atoms with E-state index in [1.807, 2.05) is 0 Å². The van der Waals surface area contributed by atoms with E-state index in [1.165, 1.54) is 32.4 Å². The van der Waals surface area contributed by atoms with Gasteiger partial charge in [0.15, 0.2) is 0 Å². The SMILES string of the molecule is [CH]1CC1CNCC1CC1. The summed E-state index contributed by atoms with van der Waals surface area (Å²) in [6.07, 6.45) is 6.68. The Labute approximate surface area is 56.8 Å². The van der Waals surface area contributed by atoms with E-state index < -0.39 is 0 Å². The average Bonchev–Trinajstić information content (AvgIpc) is 2.57. The van der Waals surface area contributed by atoms with E-state index in [-0.39, 0.29) is 0 Å². The lowest BCUT2D eigenvalue weighted by atomic mass is 10.4. The minimum Gasteiger partial charge on any atom is -0.316 e. The van der Waals surface area contributed by atoms with Crippen molar-refractivity contribution in [3.63, 3.8) is 0 Å². The van der Waals surface area contributed by atoms with Crippen molar-refractivity contribution >= 4 is 0 Å². The predicted molar refractivity (Wildman–Crippen MR) is 38.0 cm³/mol. The van der Waals surface area contributed by atoms with Crippen molar-refractivity contribution in [2.45, 2.75) is 19.3 Å². The van der Waals surface area contributed by atoms with Gasteiger partial charge in [0.1, 0.15) is 0 Å². The fourth-order valence-corrected chi connectivity index (χ4v) is 1.06. The standard InChI is InChI=1S/C8H14N/c1-2-7(1)5-9-6-8-3-4-8/h1,7-9H,2-6H2. The van der Waals surface area contributed by atoms with Crippen LogP contribution >= 0.6 is 0 Å². The molecular weight excluding hydrogens is 110 g/mol. The molecule has 1 N–H and O–H groups in total. The van der Waals surface area contributed by atoms with Crippen molar-refractivity contribution in [2.75, 3.05) is 13.1 Å². The summed E-state index contributed by atoms with van der Waals surface area (Å²) in [5.41, 5.74) is 0. The topological polar surface area (TPSA) is 12.0 Å². The third-order valence-corrected chi connectivity index (χ3v) is 2.11. The molecule has 1 nitrogen and oxygen atoms in total. The van der Waals surface area contributed by atoms with Crippen molar-refractivity contribution in [3.8, 4) is 0 Å². The lowest BCUT2D eigenvalue weighted by Crippen LogP contribution is -2.19. The number of hydrogen-bond acceptors (Lipinski definition) is 1. The van der Waals surface area contributed by atoms with Gasteiger partial charge in [-0.25, -0.2) is 0 Å². The molecule has 51 valence electrons. The highest BCUT2D eigenvalue weighted by Crippen LogP contribution is 2.29. The first-order valence-corrected chi connectivity index (χ1v) is 3.99. The van der Waals surface area contributed by atoms with Crippen LogP contribution in [-0.2, 0) is 0 Å². The van der Waals surface area contributed by atoms with Crippen molar-refractivity contribution in [3.05, 3.63) is 6.42 Å². The molecule has 1 heteroatoms. The van der Waals surface area contributed by atoms with E-state index in [4.69, 9.17) is 0 Å². The Hall–Kier alpha value is -0.0400. The molecular formula is C8H14N. The molecule has 1 atom stereocenters. The average molecular weight is 124 g/mol. The van der Waals surface area contributed by atoms with Crippen LogP contribution in [0.25, 0.3) is 0 Å². The quantitative estimate of drug-likeness (QED) is 0.594. The van der Waals surface area contributed by atoms with Gasteiger partial charge >= 0.3 is 0 Å². The van der Waals surface area contributed by atoms with Crippen LogP contribution in [0.1, 0.15) is 19.3 Å². The first-order chi connectivity index (χ1) is 4.45. The van der Waals surface area contributed by atoms with Crippen LogP contribution in [0.4, 0.5) is 0 Å². The molecule has 2 fully saturated rings. The molecule has 9 heavy (non-hydrogen) atoms. The molecule has 2 saturated carbocycles. The minimum absolute atomic E-state index is 0.934. The fraction of sp³-hybridized carbons (Fsp3) is 0.875. The van der Waals surface area contributed by atoms with Gasteiger partial charge in [-0.05, 0) is 50.6 Å². The normalized spacial score (nSPS) is 26.7. The van der Waals surface area contributed by atoms with Crippen LogP contribution in [0, 0.1) is 18.3 Å². The highest BCUT2D eigenvalue weighted by atomic mass is 14.9. The molecule has 0 amide bonds. The van der Waals surface area contributed by atoms with Gasteiger partial charge in [0.05, 0.1) is 0 Å². The largest absolute Gasteiger partial charge is 0.316 e. The summed E-state index contributed by atoms with van der Waals surface area (Å²) in [6, 6.07) is 0. The molecule has 0 aliphatic heterocycles. The van der Waals surface area contributed by atoms with Gasteiger partial charge in [-0.15, -0.1) is 0 Å². The maximum atomic E-state index is 3.48. The van der Waals surface area contributed by atoms with Crippen LogP contribution in [-0.4, -0.2) is 13.1 Å². The summed E-state index contributed by atoms with van der Waals surface area (Å²) >= 11 is 0. The van der Waals surface area contributed by atoms with Gasteiger partial charge < -0.3 is 5.32 Å². The highest BCUT2D eigenvalue weighted by Gasteiger charge is 2.24. The van der Waals surface area contributed by atoms with E-state index in [0.29, 0.717) is 0 Å². The molecule has 0 aromatic rings. The van der Waals surface area contributed by atoms with Crippen LogP contribution in [0.3, 0.4) is 0 Å². The zero-order valence-corrected chi connectivity index (χ0v) is 5.77. The van der Waals surface area contributed by atoms with Crippen LogP contribution in [0.5, 0.6) is 0 Å². The fourth-order valence-electron chi connectivity index (χ4n) is 1.06. The van der Waals surface area contributed by atoms with Crippen molar-refractivity contribution in [2.24, 2.45) is 11.8 Å². The summed E-state index contributed by atoms with van der Waals surface area (Å²) in [6.45, 7) is 2.53. The van der Waals surface area contributed by atoms with Crippen LogP contribution in [0.2, 0.25) is 0 Å². The summed E-state index contributed by atoms with van der Waals surface area (Å²) in [4.78, 5) is 0. The van der Waals surface area contributed by atoms with Crippen molar-refractivity contribution < 1.29 is 0 Å². The highest BCUT2D eigenvalue weighted by molar-refractivity contribution is 4.95. The van der Waals surface area contributed by atoms with E-state index in [1.54, 1.807) is 0 Å². The van der Waals surface area contributed by atoms with E-state index in [9.17, 15) is 0 Å². The molecule has 2 aliphatic rings. The molecule has 2 aliphatic carbocycles. The molecule has 0 aromatic heterocycles. The monoisotopic (exact) mass is 124 g/mol. The molecule has 1 unspecified atom stereocenters. The minimum atomic E-state index is 0.934. The molecule has 1 radical (unpaired) electrons. The first kappa shape index (κ1) is 5.72. The smallest absolute Gasteiger partial charge is 0.00175 e. The molecule has 0 bridgehead atoms. The molecule has 0 heterocycles. The molecule has 0 saturated heterocycles. The maximum absolute atomic E-state index is 3.48.